The third kappa shape index (κ3) is 1.56. The first-order chi connectivity index (χ1) is 6.58. The SMILES string of the molecule is Cc1cc2c(Cl)cc(F)cc2nc1Cl. The van der Waals surface area contributed by atoms with E-state index in [1.165, 1.54) is 12.1 Å². The molecule has 0 aliphatic rings. The number of hydrogen-bond donors (Lipinski definition) is 0. The summed E-state index contributed by atoms with van der Waals surface area (Å²) < 4.78 is 13.0. The number of pyridine rings is 1. The second kappa shape index (κ2) is 3.37. The zero-order valence-electron chi connectivity index (χ0n) is 7.31. The number of nitrogens with zero attached hydrogens (tertiary/aromatic N) is 1. The Morgan fingerprint density at radius 3 is 2.64 bits per heavy atom. The van der Waals surface area contributed by atoms with E-state index in [0.717, 1.165) is 10.9 Å². The molecule has 1 aromatic carbocycles. The number of aromatic nitrogens is 1. The van der Waals surface area contributed by atoms with Gasteiger partial charge in [0.25, 0.3) is 0 Å². The van der Waals surface area contributed by atoms with Gasteiger partial charge < -0.3 is 0 Å². The summed E-state index contributed by atoms with van der Waals surface area (Å²) in [4.78, 5) is 4.04. The molecule has 0 saturated carbocycles. The molecule has 2 aromatic rings. The highest BCUT2D eigenvalue weighted by molar-refractivity contribution is 6.36. The Kier molecular flexibility index (Phi) is 2.33. The molecule has 0 N–H and O–H groups in total. The van der Waals surface area contributed by atoms with Gasteiger partial charge in [-0.05, 0) is 24.6 Å². The molecule has 0 atom stereocenters. The van der Waals surface area contributed by atoms with Crippen LogP contribution in [0.25, 0.3) is 10.9 Å². The minimum Gasteiger partial charge on any atom is -0.236 e. The van der Waals surface area contributed by atoms with E-state index < -0.39 is 5.82 Å². The van der Waals surface area contributed by atoms with E-state index in [4.69, 9.17) is 23.2 Å². The van der Waals surface area contributed by atoms with E-state index in [9.17, 15) is 4.39 Å². The van der Waals surface area contributed by atoms with Crippen LogP contribution in [0.2, 0.25) is 10.2 Å². The molecule has 1 heterocycles. The summed E-state index contributed by atoms with van der Waals surface area (Å²) in [6, 6.07) is 4.37. The predicted molar refractivity (Wildman–Crippen MR) is 56.5 cm³/mol. The number of halogens is 3. The van der Waals surface area contributed by atoms with Crippen LogP contribution in [0.1, 0.15) is 5.56 Å². The fourth-order valence-corrected chi connectivity index (χ4v) is 1.68. The first-order valence-corrected chi connectivity index (χ1v) is 4.75. The minimum absolute atomic E-state index is 0.354. The van der Waals surface area contributed by atoms with Crippen LogP contribution in [-0.2, 0) is 0 Å². The van der Waals surface area contributed by atoms with Gasteiger partial charge in [-0.2, -0.15) is 0 Å². The molecule has 0 saturated heterocycles. The summed E-state index contributed by atoms with van der Waals surface area (Å²) in [7, 11) is 0. The number of benzene rings is 1. The van der Waals surface area contributed by atoms with Crippen LogP contribution >= 0.6 is 23.2 Å². The molecule has 0 spiro atoms. The molecule has 0 fully saturated rings. The van der Waals surface area contributed by atoms with E-state index >= 15 is 0 Å². The van der Waals surface area contributed by atoms with Crippen molar-refractivity contribution in [2.75, 3.05) is 0 Å². The minimum atomic E-state index is -0.407. The van der Waals surface area contributed by atoms with Gasteiger partial charge >= 0.3 is 0 Å². The second-order valence-electron chi connectivity index (χ2n) is 3.05. The zero-order chi connectivity index (χ0) is 10.3. The van der Waals surface area contributed by atoms with Crippen LogP contribution in [0.3, 0.4) is 0 Å². The monoisotopic (exact) mass is 229 g/mol. The molecule has 14 heavy (non-hydrogen) atoms. The van der Waals surface area contributed by atoms with Gasteiger partial charge in [-0.1, -0.05) is 23.2 Å². The summed E-state index contributed by atoms with van der Waals surface area (Å²) in [5.41, 5.74) is 1.30. The maximum atomic E-state index is 13.0. The largest absolute Gasteiger partial charge is 0.236 e. The quantitative estimate of drug-likeness (QED) is 0.623. The molecule has 1 nitrogen and oxygen atoms in total. The summed E-state index contributed by atoms with van der Waals surface area (Å²) in [5.74, 6) is -0.407. The van der Waals surface area contributed by atoms with Gasteiger partial charge in [-0.3, -0.25) is 0 Å². The Labute approximate surface area is 90.5 Å². The van der Waals surface area contributed by atoms with Crippen LogP contribution in [0.15, 0.2) is 18.2 Å². The second-order valence-corrected chi connectivity index (χ2v) is 3.82. The van der Waals surface area contributed by atoms with Crippen LogP contribution in [0.5, 0.6) is 0 Å². The van der Waals surface area contributed by atoms with E-state index in [2.05, 4.69) is 4.98 Å². The molecule has 2 rings (SSSR count). The Morgan fingerprint density at radius 2 is 1.93 bits per heavy atom. The number of rotatable bonds is 0. The Hall–Kier alpha value is -0.860. The molecule has 0 unspecified atom stereocenters. The van der Waals surface area contributed by atoms with Crippen molar-refractivity contribution in [2.24, 2.45) is 0 Å². The molecule has 1 aromatic heterocycles. The fraction of sp³-hybridized carbons (Fsp3) is 0.100. The van der Waals surface area contributed by atoms with Crippen LogP contribution < -0.4 is 0 Å². The Morgan fingerprint density at radius 1 is 1.21 bits per heavy atom. The van der Waals surface area contributed by atoms with E-state index in [1.54, 1.807) is 6.07 Å². The van der Waals surface area contributed by atoms with Crippen molar-refractivity contribution in [3.63, 3.8) is 0 Å². The maximum Gasteiger partial charge on any atom is 0.132 e. The Balaban J connectivity index is 2.89. The normalized spacial score (nSPS) is 10.9. The van der Waals surface area contributed by atoms with Gasteiger partial charge in [0, 0.05) is 11.5 Å². The third-order valence-corrected chi connectivity index (χ3v) is 2.67. The van der Waals surface area contributed by atoms with Gasteiger partial charge in [-0.25, -0.2) is 9.37 Å². The number of aryl methyl sites for hydroxylation is 1. The molecular weight excluding hydrogens is 224 g/mol. The molecule has 0 bridgehead atoms. The lowest BCUT2D eigenvalue weighted by Gasteiger charge is -2.03. The average molecular weight is 230 g/mol. The van der Waals surface area contributed by atoms with Crippen LogP contribution in [0.4, 0.5) is 4.39 Å². The van der Waals surface area contributed by atoms with E-state index in [-0.39, 0.29) is 0 Å². The molecule has 72 valence electrons. The van der Waals surface area contributed by atoms with Crippen molar-refractivity contribution in [3.8, 4) is 0 Å². The van der Waals surface area contributed by atoms with Crippen molar-refractivity contribution in [1.29, 1.82) is 0 Å². The summed E-state index contributed by atoms with van der Waals surface area (Å²) in [6.45, 7) is 1.83. The van der Waals surface area contributed by atoms with Gasteiger partial charge in [0.2, 0.25) is 0 Å². The number of fused-ring (bicyclic) bond motifs is 1. The van der Waals surface area contributed by atoms with Crippen molar-refractivity contribution in [2.45, 2.75) is 6.92 Å². The zero-order valence-corrected chi connectivity index (χ0v) is 8.83. The Bertz CT molecular complexity index is 511. The molecule has 0 aliphatic carbocycles. The van der Waals surface area contributed by atoms with E-state index in [1.807, 2.05) is 6.92 Å². The molecule has 4 heteroatoms. The molecule has 0 radical (unpaired) electrons. The van der Waals surface area contributed by atoms with Gasteiger partial charge in [0.15, 0.2) is 0 Å². The molecule has 0 amide bonds. The van der Waals surface area contributed by atoms with Crippen molar-refractivity contribution >= 4 is 34.1 Å². The van der Waals surface area contributed by atoms with Crippen molar-refractivity contribution in [3.05, 3.63) is 39.8 Å². The lowest BCUT2D eigenvalue weighted by Crippen LogP contribution is -1.86. The lowest BCUT2D eigenvalue weighted by molar-refractivity contribution is 0.629. The highest BCUT2D eigenvalue weighted by Gasteiger charge is 2.06. The number of hydrogen-bond acceptors (Lipinski definition) is 1. The topological polar surface area (TPSA) is 12.9 Å². The summed E-state index contributed by atoms with van der Waals surface area (Å²) >= 11 is 11.7. The third-order valence-electron chi connectivity index (χ3n) is 1.98. The first kappa shape index (κ1) is 9.69. The fourth-order valence-electron chi connectivity index (χ4n) is 1.28. The van der Waals surface area contributed by atoms with Crippen molar-refractivity contribution < 1.29 is 4.39 Å². The van der Waals surface area contributed by atoms with Crippen LogP contribution in [0, 0.1) is 12.7 Å². The molecule has 0 aliphatic heterocycles. The molecular formula is C10H6Cl2FN. The first-order valence-electron chi connectivity index (χ1n) is 4.00. The summed E-state index contributed by atoms with van der Waals surface area (Å²) in [6.07, 6.45) is 0. The highest BCUT2D eigenvalue weighted by atomic mass is 35.5. The van der Waals surface area contributed by atoms with Gasteiger partial charge in [0.05, 0.1) is 10.5 Å². The van der Waals surface area contributed by atoms with Gasteiger partial charge in [-0.15, -0.1) is 0 Å². The van der Waals surface area contributed by atoms with Crippen molar-refractivity contribution in [1.82, 2.24) is 4.98 Å². The van der Waals surface area contributed by atoms with Gasteiger partial charge in [0.1, 0.15) is 11.0 Å². The highest BCUT2D eigenvalue weighted by Crippen LogP contribution is 2.27. The lowest BCUT2D eigenvalue weighted by atomic mass is 10.2. The smallest absolute Gasteiger partial charge is 0.132 e. The standard InChI is InChI=1S/C10H6Cl2FN/c1-5-2-7-8(11)3-6(13)4-9(7)14-10(5)12/h2-4H,1H3. The predicted octanol–water partition coefficient (Wildman–Crippen LogP) is 3.99. The van der Waals surface area contributed by atoms with E-state index in [0.29, 0.717) is 15.7 Å². The maximum absolute atomic E-state index is 13.0. The average Bonchev–Trinajstić information content (AvgIpc) is 2.08. The summed E-state index contributed by atoms with van der Waals surface area (Å²) in [5, 5.41) is 1.45. The van der Waals surface area contributed by atoms with Crippen LogP contribution in [-0.4, -0.2) is 4.98 Å².